The van der Waals surface area contributed by atoms with E-state index in [9.17, 15) is 4.79 Å². The zero-order valence-corrected chi connectivity index (χ0v) is 19.3. The number of anilines is 1. The highest BCUT2D eigenvalue weighted by molar-refractivity contribution is 7.22. The predicted octanol–water partition coefficient (Wildman–Crippen LogP) is 6.40. The Hall–Kier alpha value is -4.92. The Morgan fingerprint density at radius 3 is 2.63 bits per heavy atom. The molecule has 0 aliphatic carbocycles. The van der Waals surface area contributed by atoms with Crippen LogP contribution in [0.1, 0.15) is 21.6 Å². The number of amides is 1. The highest BCUT2D eigenvalue weighted by atomic mass is 32.1. The number of para-hydroxylation sites is 1. The minimum atomic E-state index is -0.362. The molecule has 0 spiro atoms. The van der Waals surface area contributed by atoms with Gasteiger partial charge in [0, 0.05) is 17.5 Å². The Morgan fingerprint density at radius 1 is 1.06 bits per heavy atom. The summed E-state index contributed by atoms with van der Waals surface area (Å²) in [7, 11) is 0. The van der Waals surface area contributed by atoms with Crippen LogP contribution in [0.3, 0.4) is 0 Å². The molecule has 7 nitrogen and oxygen atoms in total. The molecule has 1 N–H and O–H groups in total. The van der Waals surface area contributed by atoms with Crippen LogP contribution in [0.2, 0.25) is 0 Å². The van der Waals surface area contributed by atoms with Gasteiger partial charge in [0.05, 0.1) is 29.5 Å². The molecule has 5 aromatic rings. The lowest BCUT2D eigenvalue weighted by Crippen LogP contribution is -2.13. The molecule has 3 aromatic heterocycles. The van der Waals surface area contributed by atoms with Crippen molar-refractivity contribution < 1.29 is 4.79 Å². The monoisotopic (exact) mass is 472 g/mol. The number of nitrogens with one attached hydrogen (secondary N) is 1. The summed E-state index contributed by atoms with van der Waals surface area (Å²) in [4.78, 5) is 31.0. The molecular formula is C27H16N6OS. The molecular weight excluding hydrogens is 456 g/mol. The van der Waals surface area contributed by atoms with Crippen molar-refractivity contribution in [3.63, 3.8) is 0 Å². The summed E-state index contributed by atoms with van der Waals surface area (Å²) in [6, 6.07) is 22.0. The fourth-order valence-corrected chi connectivity index (χ4v) is 4.51. The molecule has 0 atom stereocenters. The van der Waals surface area contributed by atoms with Gasteiger partial charge >= 0.3 is 0 Å². The van der Waals surface area contributed by atoms with E-state index < -0.39 is 0 Å². The fourth-order valence-electron chi connectivity index (χ4n) is 3.67. The van der Waals surface area contributed by atoms with Crippen LogP contribution >= 0.6 is 11.3 Å². The van der Waals surface area contributed by atoms with Crippen molar-refractivity contribution in [1.29, 1.82) is 5.26 Å². The van der Waals surface area contributed by atoms with E-state index in [0.29, 0.717) is 43.4 Å². The van der Waals surface area contributed by atoms with Crippen molar-refractivity contribution in [1.82, 2.24) is 15.0 Å². The number of nitrogens with zero attached hydrogens (tertiary/aromatic N) is 5. The van der Waals surface area contributed by atoms with Crippen molar-refractivity contribution in [3.05, 3.63) is 101 Å². The van der Waals surface area contributed by atoms with E-state index in [1.165, 1.54) is 17.5 Å². The van der Waals surface area contributed by atoms with Crippen molar-refractivity contribution in [3.8, 4) is 28.5 Å². The summed E-state index contributed by atoms with van der Waals surface area (Å²) >= 11 is 1.27. The van der Waals surface area contributed by atoms with Crippen LogP contribution in [0.5, 0.6) is 0 Å². The van der Waals surface area contributed by atoms with Gasteiger partial charge in [-0.3, -0.25) is 15.1 Å². The maximum atomic E-state index is 13.2. The number of thiazole rings is 1. The second-order valence-electron chi connectivity index (χ2n) is 7.68. The van der Waals surface area contributed by atoms with Gasteiger partial charge in [-0.2, -0.15) is 5.26 Å². The molecule has 1 amide bonds. The maximum absolute atomic E-state index is 13.2. The van der Waals surface area contributed by atoms with Crippen LogP contribution in [0.25, 0.3) is 37.6 Å². The van der Waals surface area contributed by atoms with Gasteiger partial charge in [0.2, 0.25) is 0 Å². The molecule has 35 heavy (non-hydrogen) atoms. The summed E-state index contributed by atoms with van der Waals surface area (Å²) in [5.41, 5.74) is 5.78. The number of rotatable bonds is 4. The zero-order chi connectivity index (χ0) is 24.4. The fraction of sp³-hybridized carbons (Fsp3) is 0.0370. The van der Waals surface area contributed by atoms with Gasteiger partial charge in [-0.15, -0.1) is 0 Å². The van der Waals surface area contributed by atoms with E-state index >= 15 is 0 Å². The van der Waals surface area contributed by atoms with Gasteiger partial charge in [0.25, 0.3) is 5.91 Å². The van der Waals surface area contributed by atoms with Crippen molar-refractivity contribution in [2.24, 2.45) is 0 Å². The highest BCUT2D eigenvalue weighted by Gasteiger charge is 2.18. The molecule has 0 aliphatic heterocycles. The number of hydrogen-bond donors (Lipinski definition) is 1. The lowest BCUT2D eigenvalue weighted by atomic mass is 9.98. The van der Waals surface area contributed by atoms with Crippen LogP contribution in [0.4, 0.5) is 10.8 Å². The number of carbonyl (C=O) groups is 1. The van der Waals surface area contributed by atoms with Gasteiger partial charge in [0.15, 0.2) is 10.8 Å². The number of hydrogen-bond acceptors (Lipinski definition) is 6. The number of aromatic nitrogens is 3. The second-order valence-corrected chi connectivity index (χ2v) is 8.66. The molecule has 166 valence electrons. The van der Waals surface area contributed by atoms with Crippen LogP contribution < -0.4 is 5.32 Å². The Labute approximate surface area is 205 Å². The first-order valence-corrected chi connectivity index (χ1v) is 11.4. The van der Waals surface area contributed by atoms with Gasteiger partial charge in [-0.05, 0) is 48.4 Å². The molecule has 0 saturated carbocycles. The maximum Gasteiger partial charge on any atom is 0.259 e. The molecule has 2 aromatic carbocycles. The summed E-state index contributed by atoms with van der Waals surface area (Å²) in [5.74, 6) is -0.362. The number of fused-ring (bicyclic) bond motifs is 1. The van der Waals surface area contributed by atoms with Crippen LogP contribution in [-0.4, -0.2) is 20.9 Å². The first-order valence-electron chi connectivity index (χ1n) is 10.6. The van der Waals surface area contributed by atoms with Crippen molar-refractivity contribution >= 4 is 38.4 Å². The van der Waals surface area contributed by atoms with E-state index in [0.717, 1.165) is 17.0 Å². The average Bonchev–Trinajstić information content (AvgIpc) is 3.30. The topological polar surface area (TPSA) is 95.9 Å². The van der Waals surface area contributed by atoms with E-state index in [1.807, 2.05) is 49.4 Å². The summed E-state index contributed by atoms with van der Waals surface area (Å²) < 4.78 is 0. The first kappa shape index (κ1) is 21.9. The molecule has 0 fully saturated rings. The van der Waals surface area contributed by atoms with Gasteiger partial charge < -0.3 is 0 Å². The number of nitriles is 1. The Kier molecular flexibility index (Phi) is 5.72. The predicted molar refractivity (Wildman–Crippen MR) is 136 cm³/mol. The van der Waals surface area contributed by atoms with Crippen LogP contribution in [0.15, 0.2) is 72.9 Å². The average molecular weight is 473 g/mol. The van der Waals surface area contributed by atoms with Gasteiger partial charge in [-0.1, -0.05) is 47.7 Å². The third kappa shape index (κ3) is 4.34. The Bertz CT molecular complexity index is 1680. The van der Waals surface area contributed by atoms with Crippen molar-refractivity contribution in [2.45, 2.75) is 6.92 Å². The minimum absolute atomic E-state index is 0.359. The molecule has 0 radical (unpaired) electrons. The Balaban J connectivity index is 1.46. The molecule has 0 unspecified atom stereocenters. The third-order valence-corrected chi connectivity index (χ3v) is 6.27. The number of benzene rings is 2. The number of carbonyl (C=O) groups excluding carboxylic acids is 1. The molecule has 0 bridgehead atoms. The summed E-state index contributed by atoms with van der Waals surface area (Å²) in [6.07, 6.45) is 1.52. The van der Waals surface area contributed by atoms with E-state index in [-0.39, 0.29) is 5.91 Å². The second kappa shape index (κ2) is 9.14. The first-order chi connectivity index (χ1) is 17.1. The molecule has 3 heterocycles. The standard InChI is InChI=1S/C27H16N6OS/c1-16-13-20(19-5-3-4-6-23(19)29-2)21(15-30-16)25(34)33-27-32-24-12-11-22(31-26(24)35-27)18-9-7-17(14-28)8-10-18/h3-13,15H,1H3,(H,32,33,34). The normalized spacial score (nSPS) is 10.5. The molecule has 5 rings (SSSR count). The number of pyridine rings is 2. The van der Waals surface area contributed by atoms with Gasteiger partial charge in [0.1, 0.15) is 10.3 Å². The Morgan fingerprint density at radius 2 is 1.86 bits per heavy atom. The summed E-state index contributed by atoms with van der Waals surface area (Å²) in [6.45, 7) is 9.33. The number of aryl methyl sites for hydroxylation is 1. The van der Waals surface area contributed by atoms with Crippen molar-refractivity contribution in [2.75, 3.05) is 5.32 Å². The van der Waals surface area contributed by atoms with E-state index in [2.05, 4.69) is 31.2 Å². The highest BCUT2D eigenvalue weighted by Crippen LogP contribution is 2.34. The third-order valence-electron chi connectivity index (χ3n) is 5.39. The lowest BCUT2D eigenvalue weighted by Gasteiger charge is -2.11. The lowest BCUT2D eigenvalue weighted by molar-refractivity contribution is 0.102. The largest absolute Gasteiger partial charge is 0.298 e. The minimum Gasteiger partial charge on any atom is -0.298 e. The van der Waals surface area contributed by atoms with Crippen LogP contribution in [0, 0.1) is 24.8 Å². The van der Waals surface area contributed by atoms with Gasteiger partial charge in [-0.25, -0.2) is 14.8 Å². The quantitative estimate of drug-likeness (QED) is 0.305. The van der Waals surface area contributed by atoms with E-state index in [4.69, 9.17) is 11.8 Å². The molecule has 0 aliphatic rings. The summed E-state index contributed by atoms with van der Waals surface area (Å²) in [5, 5.41) is 12.3. The van der Waals surface area contributed by atoms with Crippen LogP contribution in [-0.2, 0) is 0 Å². The smallest absolute Gasteiger partial charge is 0.259 e. The SMILES string of the molecule is [C-]#[N+]c1ccccc1-c1cc(C)ncc1C(=O)Nc1nc2ccc(-c3ccc(C#N)cc3)nc2s1. The zero-order valence-electron chi connectivity index (χ0n) is 18.5. The van der Waals surface area contributed by atoms with E-state index in [1.54, 1.807) is 24.3 Å². The molecule has 8 heteroatoms. The molecule has 0 saturated heterocycles.